The summed E-state index contributed by atoms with van der Waals surface area (Å²) in [6.07, 6.45) is 4.80. The van der Waals surface area contributed by atoms with Gasteiger partial charge in [-0.3, -0.25) is 14.6 Å². The summed E-state index contributed by atoms with van der Waals surface area (Å²) in [6.45, 7) is 4.43. The molecule has 7 heteroatoms. The SMILES string of the molecule is CCCCCCOCC1N=C(C)C(C(=O)O)C(c2cccc(Cl)c2)C1(CCC(c1ccccc1)c1ccccc1)C(=O)O. The van der Waals surface area contributed by atoms with Crippen molar-refractivity contribution < 1.29 is 24.5 Å². The van der Waals surface area contributed by atoms with E-state index in [9.17, 15) is 19.8 Å². The quantitative estimate of drug-likeness (QED) is 0.171. The summed E-state index contributed by atoms with van der Waals surface area (Å²) < 4.78 is 6.11. The second-order valence-corrected chi connectivity index (χ2v) is 12.0. The van der Waals surface area contributed by atoms with Crippen molar-refractivity contribution in [2.75, 3.05) is 13.2 Å². The Bertz CT molecular complexity index is 1340. The third-order valence-electron chi connectivity index (χ3n) is 8.83. The number of ether oxygens (including phenoxy) is 1. The van der Waals surface area contributed by atoms with E-state index in [1.807, 2.05) is 36.4 Å². The zero-order chi connectivity index (χ0) is 30.8. The number of carboxylic acids is 2. The highest BCUT2D eigenvalue weighted by Gasteiger charge is 2.59. The summed E-state index contributed by atoms with van der Waals surface area (Å²) in [6, 6.07) is 26.3. The molecule has 1 aliphatic heterocycles. The van der Waals surface area contributed by atoms with E-state index in [-0.39, 0.29) is 18.9 Å². The maximum atomic E-state index is 13.7. The number of aliphatic carboxylic acids is 2. The molecule has 4 rings (SSSR count). The number of rotatable bonds is 15. The molecule has 0 radical (unpaired) electrons. The number of nitrogens with zero attached hydrogens (tertiary/aromatic N) is 1. The van der Waals surface area contributed by atoms with Crippen molar-refractivity contribution in [3.8, 4) is 0 Å². The van der Waals surface area contributed by atoms with Crippen LogP contribution in [0.25, 0.3) is 0 Å². The maximum absolute atomic E-state index is 13.7. The molecule has 1 aliphatic rings. The third kappa shape index (κ3) is 7.54. The first-order valence-electron chi connectivity index (χ1n) is 15.2. The molecule has 0 fully saturated rings. The molecule has 6 nitrogen and oxygen atoms in total. The van der Waals surface area contributed by atoms with Gasteiger partial charge in [0.1, 0.15) is 11.3 Å². The number of hydrogen-bond acceptors (Lipinski definition) is 4. The smallest absolute Gasteiger partial charge is 0.312 e. The van der Waals surface area contributed by atoms with E-state index in [1.165, 1.54) is 0 Å². The van der Waals surface area contributed by atoms with Crippen LogP contribution in [0, 0.1) is 11.3 Å². The predicted octanol–water partition coefficient (Wildman–Crippen LogP) is 8.25. The second-order valence-electron chi connectivity index (χ2n) is 11.5. The van der Waals surface area contributed by atoms with Crippen LogP contribution in [-0.4, -0.2) is 47.1 Å². The Kier molecular flexibility index (Phi) is 11.5. The van der Waals surface area contributed by atoms with Crippen LogP contribution in [0.4, 0.5) is 0 Å². The predicted molar refractivity (Wildman–Crippen MR) is 171 cm³/mol. The molecule has 0 bridgehead atoms. The van der Waals surface area contributed by atoms with Crippen LogP contribution in [0.1, 0.15) is 80.9 Å². The van der Waals surface area contributed by atoms with Gasteiger partial charge in [0.05, 0.1) is 12.6 Å². The largest absolute Gasteiger partial charge is 0.481 e. The molecule has 228 valence electrons. The van der Waals surface area contributed by atoms with E-state index in [2.05, 4.69) is 31.2 Å². The fraction of sp³-hybridized carbons (Fsp3) is 0.417. The zero-order valence-corrected chi connectivity index (χ0v) is 25.7. The number of carbonyl (C=O) groups is 2. The van der Waals surface area contributed by atoms with Gasteiger partial charge >= 0.3 is 11.9 Å². The summed E-state index contributed by atoms with van der Waals surface area (Å²) in [5.74, 6) is -4.29. The van der Waals surface area contributed by atoms with E-state index in [0.29, 0.717) is 29.3 Å². The van der Waals surface area contributed by atoms with Gasteiger partial charge < -0.3 is 14.9 Å². The lowest BCUT2D eigenvalue weighted by molar-refractivity contribution is -0.158. The van der Waals surface area contributed by atoms with Crippen molar-refractivity contribution in [3.63, 3.8) is 0 Å². The van der Waals surface area contributed by atoms with Crippen molar-refractivity contribution in [1.29, 1.82) is 0 Å². The number of carboxylic acid groups (broad SMARTS) is 2. The van der Waals surface area contributed by atoms with Crippen LogP contribution in [0.2, 0.25) is 5.02 Å². The highest BCUT2D eigenvalue weighted by atomic mass is 35.5. The average molecular weight is 604 g/mol. The van der Waals surface area contributed by atoms with E-state index in [4.69, 9.17) is 21.3 Å². The fourth-order valence-electron chi connectivity index (χ4n) is 6.69. The van der Waals surface area contributed by atoms with E-state index < -0.39 is 35.2 Å². The normalized spacial score (nSPS) is 21.9. The lowest BCUT2D eigenvalue weighted by atomic mass is 9.57. The van der Waals surface area contributed by atoms with Gasteiger partial charge in [-0.15, -0.1) is 0 Å². The van der Waals surface area contributed by atoms with Crippen LogP contribution in [0.5, 0.6) is 0 Å². The van der Waals surface area contributed by atoms with Gasteiger partial charge in [-0.2, -0.15) is 0 Å². The molecule has 0 aliphatic carbocycles. The minimum atomic E-state index is -1.56. The highest BCUT2D eigenvalue weighted by Crippen LogP contribution is 2.53. The molecule has 3 aromatic carbocycles. The summed E-state index contributed by atoms with van der Waals surface area (Å²) in [4.78, 5) is 31.4. The first kappa shape index (κ1) is 32.4. The van der Waals surface area contributed by atoms with Gasteiger partial charge in [-0.25, -0.2) is 0 Å². The van der Waals surface area contributed by atoms with Crippen molar-refractivity contribution in [2.24, 2.45) is 16.3 Å². The lowest BCUT2D eigenvalue weighted by Gasteiger charge is -2.48. The van der Waals surface area contributed by atoms with Crippen molar-refractivity contribution in [1.82, 2.24) is 0 Å². The Labute approximate surface area is 259 Å². The topological polar surface area (TPSA) is 96.2 Å². The van der Waals surface area contributed by atoms with Crippen molar-refractivity contribution in [3.05, 3.63) is 107 Å². The Morgan fingerprint density at radius 3 is 2.14 bits per heavy atom. The van der Waals surface area contributed by atoms with Gasteiger partial charge in [-0.1, -0.05) is 111 Å². The Hall–Kier alpha value is -3.48. The molecule has 0 saturated carbocycles. The molecule has 4 atom stereocenters. The number of aliphatic imine (C=N–C) groups is 1. The average Bonchev–Trinajstić information content (AvgIpc) is 3.00. The molecule has 2 N–H and O–H groups in total. The number of benzene rings is 3. The Morgan fingerprint density at radius 1 is 0.930 bits per heavy atom. The zero-order valence-electron chi connectivity index (χ0n) is 25.0. The van der Waals surface area contributed by atoms with Gasteiger partial charge in [-0.05, 0) is 55.0 Å². The summed E-state index contributed by atoms with van der Waals surface area (Å²) in [5, 5.41) is 22.2. The lowest BCUT2D eigenvalue weighted by Crippen LogP contribution is -2.56. The van der Waals surface area contributed by atoms with Crippen LogP contribution in [0.15, 0.2) is 89.9 Å². The molecule has 3 aromatic rings. The van der Waals surface area contributed by atoms with Crippen LogP contribution in [0.3, 0.4) is 0 Å². The van der Waals surface area contributed by atoms with Gasteiger partial charge in [0.2, 0.25) is 0 Å². The van der Waals surface area contributed by atoms with E-state index in [0.717, 1.165) is 36.8 Å². The summed E-state index contributed by atoms with van der Waals surface area (Å²) >= 11 is 6.42. The first-order valence-corrected chi connectivity index (χ1v) is 15.6. The maximum Gasteiger partial charge on any atom is 0.312 e. The fourth-order valence-corrected chi connectivity index (χ4v) is 6.89. The van der Waals surface area contributed by atoms with Crippen molar-refractivity contribution in [2.45, 2.75) is 70.3 Å². The van der Waals surface area contributed by atoms with Crippen LogP contribution < -0.4 is 0 Å². The monoisotopic (exact) mass is 603 g/mol. The number of hydrogen-bond donors (Lipinski definition) is 2. The Balaban J connectivity index is 1.82. The van der Waals surface area contributed by atoms with E-state index >= 15 is 0 Å². The minimum Gasteiger partial charge on any atom is -0.481 e. The molecular formula is C36H42ClNO5. The standard InChI is InChI=1S/C36H42ClNO5/c1-3-4-5-12-22-43-24-31-36(35(41)42,21-20-30(26-14-8-6-9-15-26)27-16-10-7-11-17-27)33(28-18-13-19-29(37)23-28)32(34(39)40)25(2)38-31/h6-11,13-19,23,30-33H,3-5,12,20-22,24H2,1-2H3,(H,39,40)(H,41,42). The Morgan fingerprint density at radius 2 is 1.58 bits per heavy atom. The van der Waals surface area contributed by atoms with Crippen LogP contribution in [-0.2, 0) is 14.3 Å². The summed E-state index contributed by atoms with van der Waals surface area (Å²) in [5.41, 5.74) is 1.57. The van der Waals surface area contributed by atoms with Gasteiger partial charge in [0, 0.05) is 29.2 Å². The molecule has 0 saturated heterocycles. The van der Waals surface area contributed by atoms with Crippen molar-refractivity contribution >= 4 is 29.3 Å². The van der Waals surface area contributed by atoms with Gasteiger partial charge in [0.25, 0.3) is 0 Å². The molecule has 0 amide bonds. The molecule has 43 heavy (non-hydrogen) atoms. The van der Waals surface area contributed by atoms with Crippen LogP contribution >= 0.6 is 11.6 Å². The first-order chi connectivity index (χ1) is 20.8. The third-order valence-corrected chi connectivity index (χ3v) is 9.07. The molecule has 1 heterocycles. The summed E-state index contributed by atoms with van der Waals surface area (Å²) in [7, 11) is 0. The molecular weight excluding hydrogens is 562 g/mol. The highest BCUT2D eigenvalue weighted by molar-refractivity contribution is 6.30. The molecule has 0 aromatic heterocycles. The molecule has 0 spiro atoms. The van der Waals surface area contributed by atoms with Gasteiger partial charge in [0.15, 0.2) is 0 Å². The van der Waals surface area contributed by atoms with E-state index in [1.54, 1.807) is 31.2 Å². The minimum absolute atomic E-state index is 0.0930. The second kappa shape index (κ2) is 15.3. The number of halogens is 1. The molecule has 4 unspecified atom stereocenters. The number of unbranched alkanes of at least 4 members (excludes halogenated alkanes) is 3.